The zero-order valence-corrected chi connectivity index (χ0v) is 16.7. The van der Waals surface area contributed by atoms with Gasteiger partial charge in [0.25, 0.3) is 0 Å². The van der Waals surface area contributed by atoms with Gasteiger partial charge in [0.2, 0.25) is 5.91 Å². The van der Waals surface area contributed by atoms with E-state index in [9.17, 15) is 9.59 Å². The highest BCUT2D eigenvalue weighted by atomic mass is 32.2. The molecular weight excluding hydrogens is 378 g/mol. The van der Waals surface area contributed by atoms with Gasteiger partial charge in [0.1, 0.15) is 0 Å². The normalized spacial score (nSPS) is 13.8. The molecule has 7 nitrogen and oxygen atoms in total. The lowest BCUT2D eigenvalue weighted by molar-refractivity contribution is -0.114. The first-order valence-electron chi connectivity index (χ1n) is 8.61. The molecule has 0 spiro atoms. The highest BCUT2D eigenvalue weighted by molar-refractivity contribution is 8.14. The SMILES string of the molecule is COc1ccc(C2=NN(Cc3cccc(NC(C)=O)c3)C(=O)SC2)cc1OC. The fourth-order valence-corrected chi connectivity index (χ4v) is 3.54. The van der Waals surface area contributed by atoms with Crippen molar-refractivity contribution in [1.29, 1.82) is 0 Å². The number of rotatable bonds is 6. The van der Waals surface area contributed by atoms with Gasteiger partial charge in [-0.05, 0) is 35.9 Å². The predicted octanol–water partition coefficient (Wildman–Crippen LogP) is 3.74. The van der Waals surface area contributed by atoms with Gasteiger partial charge in [0.05, 0.1) is 26.5 Å². The number of anilines is 1. The summed E-state index contributed by atoms with van der Waals surface area (Å²) in [6, 6.07) is 12.9. The molecule has 0 saturated heterocycles. The van der Waals surface area contributed by atoms with Crippen molar-refractivity contribution in [1.82, 2.24) is 5.01 Å². The maximum absolute atomic E-state index is 12.3. The van der Waals surface area contributed by atoms with Gasteiger partial charge in [0.15, 0.2) is 11.5 Å². The molecule has 1 heterocycles. The zero-order valence-electron chi connectivity index (χ0n) is 15.9. The van der Waals surface area contributed by atoms with Gasteiger partial charge in [0, 0.05) is 23.9 Å². The Labute approximate surface area is 167 Å². The number of hydrogen-bond acceptors (Lipinski definition) is 6. The molecule has 1 N–H and O–H groups in total. The largest absolute Gasteiger partial charge is 0.493 e. The van der Waals surface area contributed by atoms with Gasteiger partial charge < -0.3 is 14.8 Å². The average molecular weight is 399 g/mol. The van der Waals surface area contributed by atoms with Gasteiger partial charge >= 0.3 is 5.24 Å². The number of carbonyl (C=O) groups excluding carboxylic acids is 2. The molecule has 2 amide bonds. The topological polar surface area (TPSA) is 80.2 Å². The lowest BCUT2D eigenvalue weighted by Gasteiger charge is -2.23. The zero-order chi connectivity index (χ0) is 20.1. The van der Waals surface area contributed by atoms with E-state index in [1.165, 1.54) is 23.7 Å². The number of hydrogen-bond donors (Lipinski definition) is 1. The second-order valence-electron chi connectivity index (χ2n) is 6.11. The first-order valence-corrected chi connectivity index (χ1v) is 9.59. The van der Waals surface area contributed by atoms with Gasteiger partial charge in [-0.1, -0.05) is 23.9 Å². The molecular formula is C20H21N3O4S. The van der Waals surface area contributed by atoms with Crippen molar-refractivity contribution in [3.63, 3.8) is 0 Å². The van der Waals surface area contributed by atoms with E-state index in [2.05, 4.69) is 10.4 Å². The third-order valence-electron chi connectivity index (χ3n) is 4.08. The molecule has 0 radical (unpaired) electrons. The molecule has 0 aliphatic carbocycles. The summed E-state index contributed by atoms with van der Waals surface area (Å²) in [5.74, 6) is 1.59. The maximum atomic E-state index is 12.3. The van der Waals surface area contributed by atoms with Crippen molar-refractivity contribution < 1.29 is 19.1 Å². The molecule has 2 aromatic carbocycles. The van der Waals surface area contributed by atoms with E-state index in [1.807, 2.05) is 36.4 Å². The first-order chi connectivity index (χ1) is 13.5. The number of carbonyl (C=O) groups is 2. The number of thioether (sulfide) groups is 1. The van der Waals surface area contributed by atoms with E-state index in [0.29, 0.717) is 29.5 Å². The van der Waals surface area contributed by atoms with Crippen LogP contribution in [0.25, 0.3) is 0 Å². The van der Waals surface area contributed by atoms with E-state index < -0.39 is 0 Å². The minimum absolute atomic E-state index is 0.117. The molecule has 1 aliphatic rings. The maximum Gasteiger partial charge on any atom is 0.302 e. The van der Waals surface area contributed by atoms with Crippen molar-refractivity contribution >= 4 is 34.3 Å². The summed E-state index contributed by atoms with van der Waals surface area (Å²) in [5, 5.41) is 8.61. The van der Waals surface area contributed by atoms with E-state index in [4.69, 9.17) is 9.47 Å². The number of ether oxygens (including phenoxy) is 2. The van der Waals surface area contributed by atoms with Gasteiger partial charge in [-0.25, -0.2) is 5.01 Å². The summed E-state index contributed by atoms with van der Waals surface area (Å²) in [6.45, 7) is 1.77. The number of hydrazone groups is 1. The highest BCUT2D eigenvalue weighted by Gasteiger charge is 2.23. The van der Waals surface area contributed by atoms with Crippen LogP contribution in [-0.4, -0.2) is 41.8 Å². The second kappa shape index (κ2) is 8.79. The van der Waals surface area contributed by atoms with Crippen molar-refractivity contribution in [2.75, 3.05) is 25.3 Å². The van der Waals surface area contributed by atoms with Gasteiger partial charge in [-0.3, -0.25) is 9.59 Å². The van der Waals surface area contributed by atoms with Crippen LogP contribution in [0.5, 0.6) is 11.5 Å². The van der Waals surface area contributed by atoms with Crippen LogP contribution in [-0.2, 0) is 11.3 Å². The minimum atomic E-state index is -0.143. The molecule has 0 unspecified atom stereocenters. The summed E-state index contributed by atoms with van der Waals surface area (Å²) in [6.07, 6.45) is 0. The second-order valence-corrected chi connectivity index (χ2v) is 7.04. The standard InChI is InChI=1S/C20H21N3O4S/c1-13(24)21-16-6-4-5-14(9-16)11-23-20(25)28-12-17(22-23)15-7-8-18(26-2)19(10-15)27-3/h4-10H,11-12H2,1-3H3,(H,21,24). The number of amides is 2. The van der Waals surface area contributed by atoms with Crippen LogP contribution in [0.3, 0.4) is 0 Å². The van der Waals surface area contributed by atoms with Crippen molar-refractivity contribution in [3.05, 3.63) is 53.6 Å². The summed E-state index contributed by atoms with van der Waals surface area (Å²) in [7, 11) is 3.16. The molecule has 0 atom stereocenters. The Morgan fingerprint density at radius 1 is 1.18 bits per heavy atom. The Kier molecular flexibility index (Phi) is 6.20. The molecule has 0 fully saturated rings. The van der Waals surface area contributed by atoms with Crippen molar-refractivity contribution in [3.8, 4) is 11.5 Å². The van der Waals surface area contributed by atoms with Crippen LogP contribution >= 0.6 is 11.8 Å². The van der Waals surface area contributed by atoms with Gasteiger partial charge in [-0.15, -0.1) is 0 Å². The smallest absolute Gasteiger partial charge is 0.302 e. The first kappa shape index (κ1) is 19.8. The molecule has 0 saturated carbocycles. The van der Waals surface area contributed by atoms with Crippen LogP contribution < -0.4 is 14.8 Å². The van der Waals surface area contributed by atoms with E-state index in [-0.39, 0.29) is 11.1 Å². The molecule has 146 valence electrons. The van der Waals surface area contributed by atoms with Crippen molar-refractivity contribution in [2.45, 2.75) is 13.5 Å². The van der Waals surface area contributed by atoms with Gasteiger partial charge in [-0.2, -0.15) is 5.10 Å². The molecule has 28 heavy (non-hydrogen) atoms. The van der Waals surface area contributed by atoms with E-state index in [0.717, 1.165) is 16.8 Å². The van der Waals surface area contributed by atoms with Crippen LogP contribution in [0.2, 0.25) is 0 Å². The third-order valence-corrected chi connectivity index (χ3v) is 4.96. The highest BCUT2D eigenvalue weighted by Crippen LogP contribution is 2.30. The fraction of sp³-hybridized carbons (Fsp3) is 0.250. The molecule has 1 aliphatic heterocycles. The van der Waals surface area contributed by atoms with Crippen LogP contribution in [0.1, 0.15) is 18.1 Å². The monoisotopic (exact) mass is 399 g/mol. The Morgan fingerprint density at radius 2 is 1.96 bits per heavy atom. The Balaban J connectivity index is 1.84. The van der Waals surface area contributed by atoms with Crippen molar-refractivity contribution in [2.24, 2.45) is 5.10 Å². The Morgan fingerprint density at radius 3 is 2.68 bits per heavy atom. The number of methoxy groups -OCH3 is 2. The predicted molar refractivity (Wildman–Crippen MR) is 110 cm³/mol. The summed E-state index contributed by atoms with van der Waals surface area (Å²) in [5.41, 5.74) is 3.21. The Hall–Kier alpha value is -3.00. The molecule has 2 aromatic rings. The average Bonchev–Trinajstić information content (AvgIpc) is 2.69. The quantitative estimate of drug-likeness (QED) is 0.800. The molecule has 0 bridgehead atoms. The summed E-state index contributed by atoms with van der Waals surface area (Å²) >= 11 is 1.20. The number of benzene rings is 2. The molecule has 0 aromatic heterocycles. The number of nitrogens with zero attached hydrogens (tertiary/aromatic N) is 2. The lowest BCUT2D eigenvalue weighted by Crippen LogP contribution is -2.29. The fourth-order valence-electron chi connectivity index (χ4n) is 2.80. The number of nitrogens with one attached hydrogen (secondary N) is 1. The summed E-state index contributed by atoms with van der Waals surface area (Å²) < 4.78 is 10.6. The summed E-state index contributed by atoms with van der Waals surface area (Å²) in [4.78, 5) is 23.6. The molecule has 3 rings (SSSR count). The van der Waals surface area contributed by atoms with Crippen LogP contribution in [0, 0.1) is 0 Å². The minimum Gasteiger partial charge on any atom is -0.493 e. The Bertz CT molecular complexity index is 929. The lowest BCUT2D eigenvalue weighted by atomic mass is 10.1. The molecule has 8 heteroatoms. The third kappa shape index (κ3) is 4.64. The van der Waals surface area contributed by atoms with Crippen LogP contribution in [0.15, 0.2) is 47.6 Å². The van der Waals surface area contributed by atoms with Crippen LogP contribution in [0.4, 0.5) is 10.5 Å². The van der Waals surface area contributed by atoms with E-state index in [1.54, 1.807) is 20.3 Å². The van der Waals surface area contributed by atoms with E-state index >= 15 is 0 Å².